The second kappa shape index (κ2) is 6.22. The molecule has 1 amide bonds. The van der Waals surface area contributed by atoms with Gasteiger partial charge in [0.15, 0.2) is 9.84 Å². The standard InChI is InChI=1S/C13H26N2O3S/c1-4-15(10-13(2,3)9-14)12(16)11-7-5-6-8-19(11,17)18/h11H,4-10,14H2,1-3H3. The lowest BCUT2D eigenvalue weighted by atomic mass is 9.93. The van der Waals surface area contributed by atoms with E-state index in [4.69, 9.17) is 5.73 Å². The lowest BCUT2D eigenvalue weighted by Crippen LogP contribution is -2.49. The molecule has 1 aliphatic rings. The zero-order chi connectivity index (χ0) is 14.7. The van der Waals surface area contributed by atoms with E-state index >= 15 is 0 Å². The van der Waals surface area contributed by atoms with Crippen molar-refractivity contribution in [1.29, 1.82) is 0 Å². The van der Waals surface area contributed by atoms with Crippen molar-refractivity contribution in [3.63, 3.8) is 0 Å². The van der Waals surface area contributed by atoms with Crippen LogP contribution >= 0.6 is 0 Å². The van der Waals surface area contributed by atoms with Crippen molar-refractivity contribution in [2.45, 2.75) is 45.3 Å². The van der Waals surface area contributed by atoms with Crippen LogP contribution < -0.4 is 5.73 Å². The molecule has 1 aliphatic heterocycles. The van der Waals surface area contributed by atoms with Crippen molar-refractivity contribution in [1.82, 2.24) is 4.90 Å². The molecule has 5 nitrogen and oxygen atoms in total. The molecule has 1 heterocycles. The third kappa shape index (κ3) is 4.18. The van der Waals surface area contributed by atoms with Crippen molar-refractivity contribution >= 4 is 15.7 Å². The van der Waals surface area contributed by atoms with Crippen LogP contribution in [-0.4, -0.2) is 49.9 Å². The Morgan fingerprint density at radius 1 is 1.37 bits per heavy atom. The minimum absolute atomic E-state index is 0.140. The van der Waals surface area contributed by atoms with Crippen molar-refractivity contribution in [3.8, 4) is 0 Å². The molecule has 0 aromatic rings. The van der Waals surface area contributed by atoms with E-state index < -0.39 is 15.1 Å². The van der Waals surface area contributed by atoms with Gasteiger partial charge >= 0.3 is 0 Å². The van der Waals surface area contributed by atoms with Crippen LogP contribution in [0.1, 0.15) is 40.0 Å². The van der Waals surface area contributed by atoms with Crippen molar-refractivity contribution < 1.29 is 13.2 Å². The SMILES string of the molecule is CCN(CC(C)(C)CN)C(=O)C1CCCCS1(=O)=O. The van der Waals surface area contributed by atoms with Gasteiger partial charge in [-0.3, -0.25) is 4.79 Å². The lowest BCUT2D eigenvalue weighted by molar-refractivity contribution is -0.132. The topological polar surface area (TPSA) is 80.5 Å². The molecular weight excluding hydrogens is 264 g/mol. The highest BCUT2D eigenvalue weighted by molar-refractivity contribution is 7.92. The smallest absolute Gasteiger partial charge is 0.240 e. The second-order valence-electron chi connectivity index (χ2n) is 6.07. The first-order valence-electron chi connectivity index (χ1n) is 6.94. The Morgan fingerprint density at radius 3 is 2.47 bits per heavy atom. The molecule has 19 heavy (non-hydrogen) atoms. The molecule has 1 atom stereocenters. The fourth-order valence-corrected chi connectivity index (χ4v) is 4.24. The first kappa shape index (κ1) is 16.4. The summed E-state index contributed by atoms with van der Waals surface area (Å²) in [6, 6.07) is 0. The highest BCUT2D eigenvalue weighted by atomic mass is 32.2. The summed E-state index contributed by atoms with van der Waals surface area (Å²) in [5.74, 6) is -0.106. The molecule has 0 aliphatic carbocycles. The van der Waals surface area contributed by atoms with Gasteiger partial charge in [-0.25, -0.2) is 8.42 Å². The molecule has 1 saturated heterocycles. The summed E-state index contributed by atoms with van der Waals surface area (Å²) in [7, 11) is -3.26. The molecule has 1 rings (SSSR count). The number of carbonyl (C=O) groups is 1. The number of hydrogen-bond donors (Lipinski definition) is 1. The molecule has 0 bridgehead atoms. The molecule has 112 valence electrons. The van der Waals surface area contributed by atoms with Gasteiger partial charge < -0.3 is 10.6 Å². The number of hydrogen-bond acceptors (Lipinski definition) is 4. The number of sulfone groups is 1. The Labute approximate surface area is 116 Å². The van der Waals surface area contributed by atoms with E-state index in [1.807, 2.05) is 20.8 Å². The van der Waals surface area contributed by atoms with E-state index in [1.165, 1.54) is 0 Å². The van der Waals surface area contributed by atoms with Crippen LogP contribution in [0.2, 0.25) is 0 Å². The predicted octanol–water partition coefficient (Wildman–Crippen LogP) is 0.787. The lowest BCUT2D eigenvalue weighted by Gasteiger charge is -2.34. The maximum Gasteiger partial charge on any atom is 0.240 e. The highest BCUT2D eigenvalue weighted by Crippen LogP contribution is 2.23. The van der Waals surface area contributed by atoms with Gasteiger partial charge in [0.2, 0.25) is 5.91 Å². The number of rotatable bonds is 5. The quantitative estimate of drug-likeness (QED) is 0.811. The molecular formula is C13H26N2O3S. The Bertz CT molecular complexity index is 418. The molecule has 6 heteroatoms. The van der Waals surface area contributed by atoms with Crippen LogP contribution in [0, 0.1) is 5.41 Å². The minimum Gasteiger partial charge on any atom is -0.341 e. The van der Waals surface area contributed by atoms with Crippen molar-refractivity contribution in [2.24, 2.45) is 11.1 Å². The summed E-state index contributed by atoms with van der Waals surface area (Å²) in [4.78, 5) is 14.1. The Balaban J connectivity index is 2.84. The van der Waals surface area contributed by atoms with E-state index in [1.54, 1.807) is 4.90 Å². The van der Waals surface area contributed by atoms with E-state index in [2.05, 4.69) is 0 Å². The van der Waals surface area contributed by atoms with E-state index in [0.717, 1.165) is 6.42 Å². The van der Waals surface area contributed by atoms with Gasteiger partial charge in [-0.2, -0.15) is 0 Å². The average Bonchev–Trinajstić information content (AvgIpc) is 2.35. The van der Waals surface area contributed by atoms with Gasteiger partial charge in [0.1, 0.15) is 5.25 Å². The zero-order valence-corrected chi connectivity index (χ0v) is 13.0. The molecule has 1 unspecified atom stereocenters. The second-order valence-corrected chi connectivity index (χ2v) is 8.38. The van der Waals surface area contributed by atoms with Crippen LogP contribution in [0.25, 0.3) is 0 Å². The van der Waals surface area contributed by atoms with Crippen LogP contribution in [0.5, 0.6) is 0 Å². The van der Waals surface area contributed by atoms with Crippen LogP contribution in [0.15, 0.2) is 0 Å². The van der Waals surface area contributed by atoms with E-state index in [-0.39, 0.29) is 17.1 Å². The largest absolute Gasteiger partial charge is 0.341 e. The summed E-state index contributed by atoms with van der Waals surface area (Å²) < 4.78 is 24.0. The van der Waals surface area contributed by atoms with Gasteiger partial charge in [0.05, 0.1) is 5.75 Å². The zero-order valence-electron chi connectivity index (χ0n) is 12.2. The summed E-state index contributed by atoms with van der Waals surface area (Å²) in [5, 5.41) is -0.838. The first-order chi connectivity index (χ1) is 8.73. The fraction of sp³-hybridized carbons (Fsp3) is 0.923. The summed E-state index contributed by atoms with van der Waals surface area (Å²) in [6.07, 6.45) is 1.95. The molecule has 0 aromatic heterocycles. The Kier molecular flexibility index (Phi) is 5.38. The number of carbonyl (C=O) groups excluding carboxylic acids is 1. The predicted molar refractivity (Wildman–Crippen MR) is 76.5 cm³/mol. The minimum atomic E-state index is -3.26. The normalized spacial score (nSPS) is 23.1. The van der Waals surface area contributed by atoms with E-state index in [9.17, 15) is 13.2 Å². The molecule has 0 saturated carbocycles. The maximum atomic E-state index is 12.4. The molecule has 1 fully saturated rings. The van der Waals surface area contributed by atoms with Gasteiger partial charge in [-0.1, -0.05) is 20.3 Å². The fourth-order valence-electron chi connectivity index (χ4n) is 2.36. The van der Waals surface area contributed by atoms with Crippen molar-refractivity contribution in [3.05, 3.63) is 0 Å². The van der Waals surface area contributed by atoms with E-state index in [0.29, 0.717) is 32.5 Å². The van der Waals surface area contributed by atoms with Gasteiger partial charge in [0, 0.05) is 13.1 Å². The van der Waals surface area contributed by atoms with Crippen LogP contribution in [0.4, 0.5) is 0 Å². The number of amides is 1. The number of nitrogens with two attached hydrogens (primary N) is 1. The maximum absolute atomic E-state index is 12.4. The molecule has 0 aromatic carbocycles. The molecule has 0 radical (unpaired) electrons. The van der Waals surface area contributed by atoms with Gasteiger partial charge in [0.25, 0.3) is 0 Å². The molecule has 0 spiro atoms. The van der Waals surface area contributed by atoms with Gasteiger partial charge in [-0.05, 0) is 31.7 Å². The third-order valence-electron chi connectivity index (χ3n) is 3.72. The van der Waals surface area contributed by atoms with Gasteiger partial charge in [-0.15, -0.1) is 0 Å². The van der Waals surface area contributed by atoms with Crippen LogP contribution in [0.3, 0.4) is 0 Å². The highest BCUT2D eigenvalue weighted by Gasteiger charge is 2.38. The first-order valence-corrected chi connectivity index (χ1v) is 8.65. The average molecular weight is 290 g/mol. The Hall–Kier alpha value is -0.620. The summed E-state index contributed by atoms with van der Waals surface area (Å²) in [5.41, 5.74) is 5.49. The summed E-state index contributed by atoms with van der Waals surface area (Å²) >= 11 is 0. The third-order valence-corrected chi connectivity index (χ3v) is 5.88. The summed E-state index contributed by atoms with van der Waals surface area (Å²) in [6.45, 7) is 7.34. The molecule has 2 N–H and O–H groups in total. The number of nitrogens with zero attached hydrogens (tertiary/aromatic N) is 1. The monoisotopic (exact) mass is 290 g/mol. The van der Waals surface area contributed by atoms with Crippen LogP contribution in [-0.2, 0) is 14.6 Å². The Morgan fingerprint density at radius 2 is 2.00 bits per heavy atom. The van der Waals surface area contributed by atoms with Crippen molar-refractivity contribution in [2.75, 3.05) is 25.4 Å².